The van der Waals surface area contributed by atoms with Gasteiger partial charge in [-0.2, -0.15) is 0 Å². The van der Waals surface area contributed by atoms with Gasteiger partial charge in [0, 0.05) is 5.57 Å². The smallest absolute Gasteiger partial charge is 0.407 e. The summed E-state index contributed by atoms with van der Waals surface area (Å²) in [6, 6.07) is 7.97. The molecule has 6 nitrogen and oxygen atoms in total. The predicted molar refractivity (Wildman–Crippen MR) is 115 cm³/mol. The minimum atomic E-state index is -0.586. The Labute approximate surface area is 173 Å². The van der Waals surface area contributed by atoms with Crippen LogP contribution in [0, 0.1) is 5.92 Å². The highest BCUT2D eigenvalue weighted by molar-refractivity contribution is 5.86. The molecule has 0 saturated heterocycles. The Morgan fingerprint density at radius 3 is 2.24 bits per heavy atom. The zero-order valence-electron chi connectivity index (χ0n) is 18.2. The van der Waals surface area contributed by atoms with Gasteiger partial charge in [0.05, 0.1) is 6.54 Å². The van der Waals surface area contributed by atoms with Crippen molar-refractivity contribution in [3.63, 3.8) is 0 Å². The van der Waals surface area contributed by atoms with Crippen molar-refractivity contribution in [2.24, 2.45) is 5.92 Å². The van der Waals surface area contributed by atoms with Gasteiger partial charge in [0.25, 0.3) is 0 Å². The van der Waals surface area contributed by atoms with E-state index in [0.29, 0.717) is 11.5 Å². The SMILES string of the molecule is C=C(C)C(=O)OCCNC(=O)OCCOc1ccc(/C(=C(/C)CC)C(C)C)cc1. The molecule has 6 heteroatoms. The van der Waals surface area contributed by atoms with Crippen molar-refractivity contribution in [2.45, 2.75) is 41.0 Å². The third kappa shape index (κ3) is 8.85. The number of carbonyl (C=O) groups excluding carboxylic acids is 2. The summed E-state index contributed by atoms with van der Waals surface area (Å²) >= 11 is 0. The maximum absolute atomic E-state index is 11.6. The molecule has 0 radical (unpaired) electrons. The van der Waals surface area contributed by atoms with Gasteiger partial charge in [0.1, 0.15) is 25.6 Å². The fourth-order valence-electron chi connectivity index (χ4n) is 2.76. The van der Waals surface area contributed by atoms with E-state index in [1.807, 2.05) is 12.1 Å². The fourth-order valence-corrected chi connectivity index (χ4v) is 2.76. The molecule has 0 fully saturated rings. The van der Waals surface area contributed by atoms with E-state index in [-0.39, 0.29) is 26.4 Å². The Morgan fingerprint density at radius 1 is 1.03 bits per heavy atom. The molecule has 0 spiro atoms. The molecule has 1 aromatic rings. The standard InChI is InChI=1S/C23H33NO5/c1-7-18(6)21(16(2)3)19-8-10-20(11-9-19)27-14-15-29-23(26)24-12-13-28-22(25)17(4)5/h8-11,16H,4,7,12-15H2,1-3,5-6H3,(H,24,26)/b21-18-. The molecule has 160 valence electrons. The molecule has 0 heterocycles. The van der Waals surface area contributed by atoms with E-state index in [0.717, 1.165) is 12.2 Å². The highest BCUT2D eigenvalue weighted by atomic mass is 16.6. The summed E-state index contributed by atoms with van der Waals surface area (Å²) in [5.41, 5.74) is 4.28. The summed E-state index contributed by atoms with van der Waals surface area (Å²) in [6.07, 6.45) is 0.443. The number of alkyl carbamates (subject to hydrolysis) is 1. The molecule has 1 amide bonds. The summed E-state index contributed by atoms with van der Waals surface area (Å²) in [7, 11) is 0. The van der Waals surface area contributed by atoms with Gasteiger partial charge in [-0.05, 0) is 49.5 Å². The fraction of sp³-hybridized carbons (Fsp3) is 0.478. The maximum atomic E-state index is 11.6. The second-order valence-corrected chi connectivity index (χ2v) is 7.05. The van der Waals surface area contributed by atoms with Gasteiger partial charge >= 0.3 is 12.1 Å². The molecule has 0 saturated carbocycles. The highest BCUT2D eigenvalue weighted by Crippen LogP contribution is 2.29. The van der Waals surface area contributed by atoms with E-state index in [9.17, 15) is 9.59 Å². The first-order valence-electron chi connectivity index (χ1n) is 9.92. The van der Waals surface area contributed by atoms with E-state index >= 15 is 0 Å². The normalized spacial score (nSPS) is 11.5. The van der Waals surface area contributed by atoms with Crippen LogP contribution in [0.15, 0.2) is 42.0 Å². The van der Waals surface area contributed by atoms with Crippen LogP contribution in [-0.2, 0) is 14.3 Å². The summed E-state index contributed by atoms with van der Waals surface area (Å²) in [5, 5.41) is 2.49. The summed E-state index contributed by atoms with van der Waals surface area (Å²) in [6.45, 7) is 14.4. The first-order valence-corrected chi connectivity index (χ1v) is 9.92. The number of benzene rings is 1. The molecule has 0 aromatic heterocycles. The number of hydrogen-bond donors (Lipinski definition) is 1. The lowest BCUT2D eigenvalue weighted by atomic mass is 9.90. The van der Waals surface area contributed by atoms with Crippen molar-refractivity contribution in [1.82, 2.24) is 5.32 Å². The second kappa shape index (κ2) is 12.6. The monoisotopic (exact) mass is 403 g/mol. The molecule has 0 atom stereocenters. The van der Waals surface area contributed by atoms with E-state index in [4.69, 9.17) is 14.2 Å². The summed E-state index contributed by atoms with van der Waals surface area (Å²) in [5.74, 6) is 0.695. The van der Waals surface area contributed by atoms with E-state index in [1.165, 1.54) is 16.7 Å². The van der Waals surface area contributed by atoms with Crippen LogP contribution in [-0.4, -0.2) is 38.4 Å². The number of esters is 1. The first kappa shape index (κ1) is 24.3. The molecular formula is C23H33NO5. The predicted octanol–water partition coefficient (Wildman–Crippen LogP) is 4.75. The van der Waals surface area contributed by atoms with Gasteiger partial charge in [-0.25, -0.2) is 9.59 Å². The molecule has 1 N–H and O–H groups in total. The molecule has 1 rings (SSSR count). The van der Waals surface area contributed by atoms with Crippen LogP contribution < -0.4 is 10.1 Å². The maximum Gasteiger partial charge on any atom is 0.407 e. The Bertz CT molecular complexity index is 719. The van der Waals surface area contributed by atoms with Gasteiger partial charge in [0.2, 0.25) is 0 Å². The van der Waals surface area contributed by atoms with Gasteiger partial charge in [-0.15, -0.1) is 0 Å². The van der Waals surface area contributed by atoms with Crippen molar-refractivity contribution >= 4 is 17.6 Å². The summed E-state index contributed by atoms with van der Waals surface area (Å²) in [4.78, 5) is 22.7. The van der Waals surface area contributed by atoms with Crippen LogP contribution in [0.2, 0.25) is 0 Å². The first-order chi connectivity index (χ1) is 13.8. The highest BCUT2D eigenvalue weighted by Gasteiger charge is 2.10. The average Bonchev–Trinajstić information content (AvgIpc) is 2.69. The number of allylic oxidation sites excluding steroid dienone is 2. The summed E-state index contributed by atoms with van der Waals surface area (Å²) < 4.78 is 15.5. The number of nitrogens with one attached hydrogen (secondary N) is 1. The molecule has 0 aliphatic carbocycles. The zero-order valence-corrected chi connectivity index (χ0v) is 18.2. The van der Waals surface area contributed by atoms with E-state index in [2.05, 4.69) is 51.7 Å². The molecule has 0 aliphatic rings. The average molecular weight is 404 g/mol. The number of amides is 1. The van der Waals surface area contributed by atoms with Gasteiger partial charge < -0.3 is 19.5 Å². The zero-order chi connectivity index (χ0) is 21.8. The topological polar surface area (TPSA) is 73.9 Å². The molecule has 1 aromatic carbocycles. The van der Waals surface area contributed by atoms with Crippen molar-refractivity contribution in [2.75, 3.05) is 26.4 Å². The van der Waals surface area contributed by atoms with Gasteiger partial charge in [-0.3, -0.25) is 0 Å². The van der Waals surface area contributed by atoms with Crippen LogP contribution in [0.25, 0.3) is 5.57 Å². The van der Waals surface area contributed by atoms with E-state index in [1.54, 1.807) is 6.92 Å². The lowest BCUT2D eigenvalue weighted by Gasteiger charge is -2.16. The van der Waals surface area contributed by atoms with Crippen LogP contribution in [0.5, 0.6) is 5.75 Å². The van der Waals surface area contributed by atoms with Crippen LogP contribution >= 0.6 is 0 Å². The molecule has 0 unspecified atom stereocenters. The molecule has 0 aliphatic heterocycles. The molecule has 0 bridgehead atoms. The van der Waals surface area contributed by atoms with Crippen LogP contribution in [0.1, 0.15) is 46.6 Å². The van der Waals surface area contributed by atoms with Crippen molar-refractivity contribution < 1.29 is 23.8 Å². The minimum Gasteiger partial charge on any atom is -0.490 e. The Kier molecular flexibility index (Phi) is 10.6. The Morgan fingerprint density at radius 2 is 1.69 bits per heavy atom. The van der Waals surface area contributed by atoms with Crippen LogP contribution in [0.3, 0.4) is 0 Å². The lowest BCUT2D eigenvalue weighted by Crippen LogP contribution is -2.29. The quantitative estimate of drug-likeness (QED) is 0.328. The third-order valence-electron chi connectivity index (χ3n) is 4.27. The van der Waals surface area contributed by atoms with Crippen molar-refractivity contribution in [3.8, 4) is 5.75 Å². The van der Waals surface area contributed by atoms with Crippen molar-refractivity contribution in [1.29, 1.82) is 0 Å². The van der Waals surface area contributed by atoms with Gasteiger partial charge in [-0.1, -0.05) is 45.1 Å². The number of ether oxygens (including phenoxy) is 3. The molecule has 29 heavy (non-hydrogen) atoms. The van der Waals surface area contributed by atoms with E-state index < -0.39 is 12.1 Å². The van der Waals surface area contributed by atoms with Gasteiger partial charge in [0.15, 0.2) is 0 Å². The Balaban J connectivity index is 2.34. The minimum absolute atomic E-state index is 0.0635. The largest absolute Gasteiger partial charge is 0.490 e. The number of rotatable bonds is 11. The Hall–Kier alpha value is -2.76. The third-order valence-corrected chi connectivity index (χ3v) is 4.27. The second-order valence-electron chi connectivity index (χ2n) is 7.05. The van der Waals surface area contributed by atoms with Crippen LogP contribution in [0.4, 0.5) is 4.79 Å². The number of hydrogen-bond acceptors (Lipinski definition) is 5. The number of carbonyl (C=O) groups is 2. The lowest BCUT2D eigenvalue weighted by molar-refractivity contribution is -0.138. The molecular weight excluding hydrogens is 370 g/mol. The van der Waals surface area contributed by atoms with Crippen molar-refractivity contribution in [3.05, 3.63) is 47.6 Å².